The Kier molecular flexibility index (Phi) is 4.78. The predicted octanol–water partition coefficient (Wildman–Crippen LogP) is 3.92. The van der Waals surface area contributed by atoms with Gasteiger partial charge in [-0.25, -0.2) is 4.98 Å². The van der Waals surface area contributed by atoms with Crippen molar-refractivity contribution in [3.63, 3.8) is 0 Å². The lowest BCUT2D eigenvalue weighted by atomic mass is 10.2. The highest BCUT2D eigenvalue weighted by atomic mass is 32.2. The van der Waals surface area contributed by atoms with Crippen LogP contribution in [0.4, 0.5) is 0 Å². The minimum absolute atomic E-state index is 0.111. The first-order valence-corrected chi connectivity index (χ1v) is 8.64. The lowest BCUT2D eigenvalue weighted by molar-refractivity contribution is 0.0792. The van der Waals surface area contributed by atoms with Gasteiger partial charge in [0.1, 0.15) is 0 Å². The number of rotatable bonds is 4. The van der Waals surface area contributed by atoms with E-state index >= 15 is 0 Å². The van der Waals surface area contributed by atoms with Crippen LogP contribution in [0.5, 0.6) is 0 Å². The van der Waals surface area contributed by atoms with Crippen molar-refractivity contribution in [3.05, 3.63) is 59.3 Å². The molecule has 0 N–H and O–H groups in total. The van der Waals surface area contributed by atoms with E-state index in [9.17, 15) is 4.79 Å². The number of pyridine rings is 1. The Morgan fingerprint density at radius 3 is 2.73 bits per heavy atom. The number of carbonyl (C=O) groups excluding carboxylic acids is 1. The highest BCUT2D eigenvalue weighted by Gasteiger charge is 2.19. The van der Waals surface area contributed by atoms with Crippen LogP contribution in [0.25, 0.3) is 0 Å². The molecule has 2 aromatic rings. The van der Waals surface area contributed by atoms with Crippen molar-refractivity contribution in [3.8, 4) is 0 Å². The van der Waals surface area contributed by atoms with E-state index in [1.165, 1.54) is 11.1 Å². The van der Waals surface area contributed by atoms with Crippen LogP contribution in [0, 0.1) is 6.92 Å². The van der Waals surface area contributed by atoms with Crippen molar-refractivity contribution in [1.82, 2.24) is 9.88 Å². The van der Waals surface area contributed by atoms with Crippen molar-refractivity contribution in [1.29, 1.82) is 0 Å². The Hall–Kier alpha value is -1.81. The first-order valence-electron chi connectivity index (χ1n) is 7.66. The Morgan fingerprint density at radius 1 is 1.23 bits per heavy atom. The summed E-state index contributed by atoms with van der Waals surface area (Å²) < 4.78 is 0. The van der Waals surface area contributed by atoms with Gasteiger partial charge in [-0.3, -0.25) is 4.79 Å². The number of hydrogen-bond acceptors (Lipinski definition) is 3. The molecular formula is C18H20N2OS. The number of nitrogens with zero attached hydrogens (tertiary/aromatic N) is 2. The minimum Gasteiger partial charge on any atom is -0.339 e. The summed E-state index contributed by atoms with van der Waals surface area (Å²) in [5, 5.41) is 0.958. The summed E-state index contributed by atoms with van der Waals surface area (Å²) in [7, 11) is 0. The van der Waals surface area contributed by atoms with Gasteiger partial charge in [-0.2, -0.15) is 0 Å². The fourth-order valence-electron chi connectivity index (χ4n) is 2.65. The highest BCUT2D eigenvalue weighted by Crippen LogP contribution is 2.22. The number of hydrogen-bond donors (Lipinski definition) is 0. The summed E-state index contributed by atoms with van der Waals surface area (Å²) in [6.45, 7) is 3.86. The number of likely N-dealkylation sites (tertiary alicyclic amines) is 1. The molecule has 0 unspecified atom stereocenters. The third-order valence-electron chi connectivity index (χ3n) is 3.85. The molecule has 1 fully saturated rings. The average molecular weight is 312 g/mol. The van der Waals surface area contributed by atoms with Crippen LogP contribution in [-0.4, -0.2) is 28.9 Å². The number of aromatic nitrogens is 1. The number of benzene rings is 1. The predicted molar refractivity (Wildman–Crippen MR) is 90.1 cm³/mol. The van der Waals surface area contributed by atoms with E-state index in [1.807, 2.05) is 17.0 Å². The number of amides is 1. The van der Waals surface area contributed by atoms with Gasteiger partial charge in [-0.1, -0.05) is 29.8 Å². The number of carbonyl (C=O) groups is 1. The molecule has 0 saturated carbocycles. The molecule has 1 amide bonds. The monoisotopic (exact) mass is 312 g/mol. The fourth-order valence-corrected chi connectivity index (χ4v) is 3.44. The van der Waals surface area contributed by atoms with Crippen molar-refractivity contribution < 1.29 is 4.79 Å². The van der Waals surface area contributed by atoms with Crippen LogP contribution in [0.1, 0.15) is 34.3 Å². The van der Waals surface area contributed by atoms with E-state index < -0.39 is 0 Å². The van der Waals surface area contributed by atoms with Crippen molar-refractivity contribution in [2.24, 2.45) is 0 Å². The zero-order valence-corrected chi connectivity index (χ0v) is 13.6. The second-order valence-electron chi connectivity index (χ2n) is 5.66. The molecular weight excluding hydrogens is 292 g/mol. The number of aryl methyl sites for hydroxylation is 1. The van der Waals surface area contributed by atoms with Gasteiger partial charge in [-0.05, 0) is 37.5 Å². The van der Waals surface area contributed by atoms with Gasteiger partial charge in [-0.15, -0.1) is 11.8 Å². The zero-order chi connectivity index (χ0) is 15.4. The number of thioether (sulfide) groups is 1. The average Bonchev–Trinajstić information content (AvgIpc) is 3.07. The molecule has 1 aromatic carbocycles. The quantitative estimate of drug-likeness (QED) is 0.802. The molecule has 0 radical (unpaired) electrons. The van der Waals surface area contributed by atoms with Gasteiger partial charge < -0.3 is 4.90 Å². The van der Waals surface area contributed by atoms with Crippen molar-refractivity contribution in [2.45, 2.75) is 30.5 Å². The lowest BCUT2D eigenvalue weighted by Crippen LogP contribution is -2.27. The Morgan fingerprint density at radius 2 is 2.05 bits per heavy atom. The largest absolute Gasteiger partial charge is 0.339 e. The van der Waals surface area contributed by atoms with Crippen LogP contribution in [0.15, 0.2) is 47.6 Å². The third kappa shape index (κ3) is 3.69. The Bertz CT molecular complexity index is 648. The van der Waals surface area contributed by atoms with Crippen LogP contribution < -0.4 is 0 Å². The molecule has 3 rings (SSSR count). The molecule has 3 nitrogen and oxygen atoms in total. The molecule has 2 heterocycles. The molecule has 0 atom stereocenters. The van der Waals surface area contributed by atoms with Crippen molar-refractivity contribution in [2.75, 3.05) is 13.1 Å². The zero-order valence-electron chi connectivity index (χ0n) is 12.8. The maximum atomic E-state index is 12.3. The van der Waals surface area contributed by atoms with Gasteiger partial charge in [0.2, 0.25) is 0 Å². The second-order valence-corrected chi connectivity index (χ2v) is 6.66. The molecule has 1 aliphatic heterocycles. The summed E-state index contributed by atoms with van der Waals surface area (Å²) in [6.07, 6.45) is 3.94. The first kappa shape index (κ1) is 15.1. The molecule has 4 heteroatoms. The van der Waals surface area contributed by atoms with E-state index in [1.54, 1.807) is 18.0 Å². The second kappa shape index (κ2) is 6.97. The van der Waals surface area contributed by atoms with Gasteiger partial charge in [0.05, 0.1) is 10.6 Å². The van der Waals surface area contributed by atoms with Crippen LogP contribution in [-0.2, 0) is 5.75 Å². The van der Waals surface area contributed by atoms with Crippen molar-refractivity contribution >= 4 is 17.7 Å². The maximum Gasteiger partial charge on any atom is 0.255 e. The summed E-state index contributed by atoms with van der Waals surface area (Å²) >= 11 is 1.70. The SMILES string of the molecule is Cc1cccc(CSc2ccc(C(=O)N3CCCC3)cn2)c1. The minimum atomic E-state index is 0.111. The highest BCUT2D eigenvalue weighted by molar-refractivity contribution is 7.98. The smallest absolute Gasteiger partial charge is 0.255 e. The van der Waals surface area contributed by atoms with Gasteiger partial charge in [0.15, 0.2) is 0 Å². The van der Waals surface area contributed by atoms with E-state index in [0.717, 1.165) is 36.7 Å². The van der Waals surface area contributed by atoms with Gasteiger partial charge in [0.25, 0.3) is 5.91 Å². The normalized spacial score (nSPS) is 14.3. The summed E-state index contributed by atoms with van der Waals surface area (Å²) in [4.78, 5) is 18.6. The summed E-state index contributed by atoms with van der Waals surface area (Å²) in [6, 6.07) is 12.3. The third-order valence-corrected chi connectivity index (χ3v) is 4.86. The van der Waals surface area contributed by atoms with Crippen LogP contribution in [0.2, 0.25) is 0 Å². The molecule has 1 aromatic heterocycles. The van der Waals surface area contributed by atoms with Crippen LogP contribution >= 0.6 is 11.8 Å². The topological polar surface area (TPSA) is 33.2 Å². The molecule has 22 heavy (non-hydrogen) atoms. The molecule has 114 valence electrons. The van der Waals surface area contributed by atoms with Gasteiger partial charge >= 0.3 is 0 Å². The Labute approximate surface area is 135 Å². The maximum absolute atomic E-state index is 12.3. The van der Waals surface area contributed by atoms with E-state index in [-0.39, 0.29) is 5.91 Å². The summed E-state index contributed by atoms with van der Waals surface area (Å²) in [5.74, 6) is 1.01. The molecule has 1 aliphatic rings. The first-order chi connectivity index (χ1) is 10.7. The molecule has 0 spiro atoms. The van der Waals surface area contributed by atoms with E-state index in [0.29, 0.717) is 5.56 Å². The summed E-state index contributed by atoms with van der Waals surface area (Å²) in [5.41, 5.74) is 3.27. The van der Waals surface area contributed by atoms with E-state index in [2.05, 4.69) is 36.2 Å². The molecule has 0 aliphatic carbocycles. The molecule has 0 bridgehead atoms. The lowest BCUT2D eigenvalue weighted by Gasteiger charge is -2.14. The van der Waals surface area contributed by atoms with Crippen LogP contribution in [0.3, 0.4) is 0 Å². The fraction of sp³-hybridized carbons (Fsp3) is 0.333. The van der Waals surface area contributed by atoms with Gasteiger partial charge in [0, 0.05) is 25.0 Å². The van der Waals surface area contributed by atoms with E-state index in [4.69, 9.17) is 0 Å². The Balaban J connectivity index is 1.60. The molecule has 1 saturated heterocycles. The standard InChI is InChI=1S/C18H20N2OS/c1-14-5-4-6-15(11-14)13-22-17-8-7-16(12-19-17)18(21)20-9-2-3-10-20/h4-8,11-12H,2-3,9-10,13H2,1H3.